The molecule has 3 rings (SSSR count). The molecule has 5 nitrogen and oxygen atoms in total. The quantitative estimate of drug-likeness (QED) is 0.745. The van der Waals surface area contributed by atoms with Gasteiger partial charge in [0.25, 0.3) is 5.91 Å². The zero-order chi connectivity index (χ0) is 19.2. The number of carbonyl (C=O) groups excluding carboxylic acids is 2. The van der Waals surface area contributed by atoms with Crippen molar-refractivity contribution in [2.24, 2.45) is 5.92 Å². The van der Waals surface area contributed by atoms with Crippen LogP contribution in [-0.4, -0.2) is 36.3 Å². The molecule has 142 valence electrons. The Kier molecular flexibility index (Phi) is 6.24. The molecule has 0 bridgehead atoms. The summed E-state index contributed by atoms with van der Waals surface area (Å²) < 4.78 is 0. The Morgan fingerprint density at radius 3 is 2.56 bits per heavy atom. The smallest absolute Gasteiger partial charge is 0.257 e. The second-order valence-corrected chi connectivity index (χ2v) is 7.19. The minimum Gasteiger partial charge on any atom is -0.324 e. The van der Waals surface area contributed by atoms with Gasteiger partial charge in [-0.05, 0) is 62.1 Å². The number of hydrogen-bond acceptors (Lipinski definition) is 3. The molecule has 5 heteroatoms. The van der Waals surface area contributed by atoms with Crippen molar-refractivity contribution in [3.05, 3.63) is 59.7 Å². The van der Waals surface area contributed by atoms with Crippen LogP contribution in [0.5, 0.6) is 0 Å². The monoisotopic (exact) mass is 365 g/mol. The third kappa shape index (κ3) is 5.66. The molecule has 2 amide bonds. The van der Waals surface area contributed by atoms with Gasteiger partial charge in [-0.2, -0.15) is 0 Å². The van der Waals surface area contributed by atoms with Crippen LogP contribution in [0.4, 0.5) is 11.4 Å². The fourth-order valence-electron chi connectivity index (χ4n) is 3.08. The van der Waals surface area contributed by atoms with Crippen LogP contribution in [0.15, 0.2) is 48.5 Å². The average Bonchev–Trinajstić information content (AvgIpc) is 3.45. The molecule has 0 unspecified atom stereocenters. The molecule has 2 aromatic rings. The Morgan fingerprint density at radius 1 is 1.07 bits per heavy atom. The number of likely N-dealkylation sites (N-methyl/N-ethyl adjacent to an activating group) is 1. The third-order valence-electron chi connectivity index (χ3n) is 4.75. The molecule has 0 atom stereocenters. The lowest BCUT2D eigenvalue weighted by Crippen LogP contribution is -2.35. The van der Waals surface area contributed by atoms with Crippen LogP contribution >= 0.6 is 0 Å². The van der Waals surface area contributed by atoms with Crippen LogP contribution in [0.1, 0.15) is 35.7 Å². The summed E-state index contributed by atoms with van der Waals surface area (Å²) in [4.78, 5) is 27.3. The number of para-hydroxylation sites is 1. The van der Waals surface area contributed by atoms with E-state index in [0.29, 0.717) is 17.8 Å². The highest BCUT2D eigenvalue weighted by Gasteiger charge is 2.24. The maximum Gasteiger partial charge on any atom is 0.257 e. The molecular weight excluding hydrogens is 338 g/mol. The van der Waals surface area contributed by atoms with Gasteiger partial charge < -0.3 is 10.6 Å². The summed E-state index contributed by atoms with van der Waals surface area (Å²) in [6, 6.07) is 14.7. The van der Waals surface area contributed by atoms with Gasteiger partial charge in [0.05, 0.1) is 17.8 Å². The largest absolute Gasteiger partial charge is 0.324 e. The molecule has 0 aliphatic heterocycles. The van der Waals surface area contributed by atoms with Crippen molar-refractivity contribution in [3.63, 3.8) is 0 Å². The van der Waals surface area contributed by atoms with Crippen LogP contribution in [-0.2, 0) is 4.79 Å². The molecule has 2 N–H and O–H groups in total. The fourth-order valence-corrected chi connectivity index (χ4v) is 3.08. The molecule has 0 saturated heterocycles. The summed E-state index contributed by atoms with van der Waals surface area (Å²) in [5.74, 6) is 0.417. The topological polar surface area (TPSA) is 61.4 Å². The molecule has 0 aromatic heterocycles. The van der Waals surface area contributed by atoms with E-state index in [1.165, 1.54) is 12.8 Å². The van der Waals surface area contributed by atoms with Gasteiger partial charge in [-0.1, -0.05) is 31.2 Å². The van der Waals surface area contributed by atoms with Gasteiger partial charge in [0.2, 0.25) is 5.91 Å². The lowest BCUT2D eigenvalue weighted by Gasteiger charge is -2.20. The van der Waals surface area contributed by atoms with E-state index in [1.807, 2.05) is 37.3 Å². The summed E-state index contributed by atoms with van der Waals surface area (Å²) in [6.45, 7) is 6.21. The van der Waals surface area contributed by atoms with E-state index in [4.69, 9.17) is 0 Å². The minimum absolute atomic E-state index is 0.0895. The summed E-state index contributed by atoms with van der Waals surface area (Å²) in [5, 5.41) is 5.80. The number of benzene rings is 2. The van der Waals surface area contributed by atoms with E-state index in [2.05, 4.69) is 22.5 Å². The van der Waals surface area contributed by atoms with Gasteiger partial charge in [0, 0.05) is 12.2 Å². The third-order valence-corrected chi connectivity index (χ3v) is 4.75. The number of anilines is 2. The normalized spacial score (nSPS) is 13.4. The van der Waals surface area contributed by atoms with Crippen molar-refractivity contribution in [2.75, 3.05) is 30.3 Å². The van der Waals surface area contributed by atoms with Crippen molar-refractivity contribution in [1.29, 1.82) is 0 Å². The summed E-state index contributed by atoms with van der Waals surface area (Å²) in [5.41, 5.74) is 2.81. The summed E-state index contributed by atoms with van der Waals surface area (Å²) >= 11 is 0. The standard InChI is InChI=1S/C22H27N3O2/c1-3-25(14-17-11-12-17)15-21(26)24-20-10-5-4-9-19(20)22(27)23-18-8-6-7-16(2)13-18/h4-10,13,17H,3,11-12,14-15H2,1-2H3,(H,23,27)(H,24,26). The number of nitrogens with zero attached hydrogens (tertiary/aromatic N) is 1. The van der Waals surface area contributed by atoms with E-state index < -0.39 is 0 Å². The Morgan fingerprint density at radius 2 is 1.85 bits per heavy atom. The van der Waals surface area contributed by atoms with Crippen molar-refractivity contribution >= 4 is 23.2 Å². The predicted molar refractivity (Wildman–Crippen MR) is 109 cm³/mol. The second-order valence-electron chi connectivity index (χ2n) is 7.19. The SMILES string of the molecule is CCN(CC(=O)Nc1ccccc1C(=O)Nc1cccc(C)c1)CC1CC1. The molecular formula is C22H27N3O2. The van der Waals surface area contributed by atoms with Crippen molar-refractivity contribution in [3.8, 4) is 0 Å². The molecule has 0 radical (unpaired) electrons. The zero-order valence-corrected chi connectivity index (χ0v) is 16.0. The lowest BCUT2D eigenvalue weighted by atomic mass is 10.1. The molecule has 27 heavy (non-hydrogen) atoms. The number of carbonyl (C=O) groups is 2. The first-order valence-corrected chi connectivity index (χ1v) is 9.54. The van der Waals surface area contributed by atoms with E-state index in [9.17, 15) is 9.59 Å². The predicted octanol–water partition coefficient (Wildman–Crippen LogP) is 3.92. The van der Waals surface area contributed by atoms with E-state index in [1.54, 1.807) is 18.2 Å². The molecule has 0 heterocycles. The first-order valence-electron chi connectivity index (χ1n) is 9.54. The van der Waals surface area contributed by atoms with Crippen LogP contribution in [0.2, 0.25) is 0 Å². The number of amides is 2. The van der Waals surface area contributed by atoms with Crippen LogP contribution in [0.25, 0.3) is 0 Å². The first kappa shape index (κ1) is 19.1. The molecule has 1 fully saturated rings. The Hall–Kier alpha value is -2.66. The van der Waals surface area contributed by atoms with Crippen LogP contribution < -0.4 is 10.6 Å². The number of rotatable bonds is 8. The first-order chi connectivity index (χ1) is 13.0. The van der Waals surface area contributed by atoms with Crippen molar-refractivity contribution in [2.45, 2.75) is 26.7 Å². The highest BCUT2D eigenvalue weighted by atomic mass is 16.2. The fraction of sp³-hybridized carbons (Fsp3) is 0.364. The van der Waals surface area contributed by atoms with Gasteiger partial charge >= 0.3 is 0 Å². The number of aryl methyl sites for hydroxylation is 1. The molecule has 0 spiro atoms. The Bertz CT molecular complexity index is 815. The Balaban J connectivity index is 1.65. The van der Waals surface area contributed by atoms with E-state index in [0.717, 1.165) is 30.3 Å². The van der Waals surface area contributed by atoms with E-state index >= 15 is 0 Å². The number of nitrogens with one attached hydrogen (secondary N) is 2. The van der Waals surface area contributed by atoms with Gasteiger partial charge in [0.15, 0.2) is 0 Å². The lowest BCUT2D eigenvalue weighted by molar-refractivity contribution is -0.117. The van der Waals surface area contributed by atoms with Crippen molar-refractivity contribution < 1.29 is 9.59 Å². The van der Waals surface area contributed by atoms with E-state index in [-0.39, 0.29) is 11.8 Å². The zero-order valence-electron chi connectivity index (χ0n) is 16.0. The van der Waals surface area contributed by atoms with Gasteiger partial charge in [-0.25, -0.2) is 0 Å². The molecule has 2 aromatic carbocycles. The highest BCUT2D eigenvalue weighted by molar-refractivity contribution is 6.10. The van der Waals surface area contributed by atoms with Gasteiger partial charge in [-0.3, -0.25) is 14.5 Å². The van der Waals surface area contributed by atoms with Crippen LogP contribution in [0.3, 0.4) is 0 Å². The maximum absolute atomic E-state index is 12.7. The van der Waals surface area contributed by atoms with Crippen molar-refractivity contribution in [1.82, 2.24) is 4.90 Å². The summed E-state index contributed by atoms with van der Waals surface area (Å²) in [6.07, 6.45) is 2.53. The number of hydrogen-bond donors (Lipinski definition) is 2. The minimum atomic E-state index is -0.234. The van der Waals surface area contributed by atoms with Crippen LogP contribution in [0, 0.1) is 12.8 Å². The second kappa shape index (κ2) is 8.82. The highest BCUT2D eigenvalue weighted by Crippen LogP contribution is 2.29. The van der Waals surface area contributed by atoms with Gasteiger partial charge in [-0.15, -0.1) is 0 Å². The molecule has 1 saturated carbocycles. The molecule has 1 aliphatic carbocycles. The summed E-state index contributed by atoms with van der Waals surface area (Å²) in [7, 11) is 0. The maximum atomic E-state index is 12.7. The van der Waals surface area contributed by atoms with Gasteiger partial charge in [0.1, 0.15) is 0 Å². The Labute approximate surface area is 160 Å². The average molecular weight is 365 g/mol. The molecule has 1 aliphatic rings.